The normalized spacial score (nSPS) is 12.4. The Balaban J connectivity index is 0.875. The van der Waals surface area contributed by atoms with Gasteiger partial charge in [0, 0.05) is 101 Å². The first-order valence-corrected chi connectivity index (χ1v) is 33.0. The molecule has 17 aromatic rings. The Bertz CT molecular complexity index is 5760. The van der Waals surface area contributed by atoms with Gasteiger partial charge in [0.05, 0.1) is 11.4 Å². The van der Waals surface area contributed by atoms with Crippen LogP contribution in [0.1, 0.15) is 11.1 Å². The lowest BCUT2D eigenvalue weighted by Crippen LogP contribution is -2.61. The number of nitrogens with zero attached hydrogens (tertiary/aromatic N) is 4. The van der Waals surface area contributed by atoms with Gasteiger partial charge in [0.2, 0.25) is 0 Å². The molecule has 0 aliphatic carbocycles. The molecule has 97 heavy (non-hydrogen) atoms. The predicted molar refractivity (Wildman–Crippen MR) is 400 cm³/mol. The highest BCUT2D eigenvalue weighted by Crippen LogP contribution is 2.52. The molecule has 0 amide bonds. The van der Waals surface area contributed by atoms with Crippen molar-refractivity contribution in [1.82, 2.24) is 0 Å². The molecule has 8 nitrogen and oxygen atoms in total. The molecular weight excluding hydrogens is 1190 g/mol. The Hall–Kier alpha value is -12.7. The molecule has 0 unspecified atom stereocenters. The molecule has 6 heterocycles. The zero-order valence-corrected chi connectivity index (χ0v) is 53.1. The Morgan fingerprint density at radius 3 is 1.13 bits per heavy atom. The monoisotopic (exact) mass is 1250 g/mol. The summed E-state index contributed by atoms with van der Waals surface area (Å²) in [5.41, 5.74) is 25.5. The Labute approximate surface area is 561 Å². The summed E-state index contributed by atoms with van der Waals surface area (Å²) in [6.45, 7) is 4.25. The second kappa shape index (κ2) is 22.5. The summed E-state index contributed by atoms with van der Waals surface area (Å²) in [5, 5.41) is 4.24. The van der Waals surface area contributed by atoms with Gasteiger partial charge >= 0.3 is 0 Å². The van der Waals surface area contributed by atoms with Crippen LogP contribution in [0.15, 0.2) is 339 Å². The van der Waals surface area contributed by atoms with E-state index < -0.39 is 0 Å². The lowest BCUT2D eigenvalue weighted by molar-refractivity contribution is 0.631. The third kappa shape index (κ3) is 9.45. The van der Waals surface area contributed by atoms with Crippen molar-refractivity contribution in [3.8, 4) is 45.3 Å². The molecule has 2 aliphatic heterocycles. The smallest absolute Gasteiger partial charge is 0.252 e. The molecule has 0 saturated heterocycles. The fourth-order valence-corrected chi connectivity index (χ4v) is 15.0. The molecule has 9 heteroatoms. The summed E-state index contributed by atoms with van der Waals surface area (Å²) in [6.07, 6.45) is 0. The van der Waals surface area contributed by atoms with Crippen LogP contribution in [-0.2, 0) is 0 Å². The summed E-state index contributed by atoms with van der Waals surface area (Å²) in [7, 11) is 0. The Morgan fingerprint density at radius 1 is 0.268 bits per heavy atom. The summed E-state index contributed by atoms with van der Waals surface area (Å²) in [4.78, 5) is 9.84. The van der Waals surface area contributed by atoms with Crippen molar-refractivity contribution in [3.05, 3.63) is 333 Å². The van der Waals surface area contributed by atoms with E-state index in [1.54, 1.807) is 0 Å². The molecule has 0 spiro atoms. The van der Waals surface area contributed by atoms with E-state index in [0.29, 0.717) is 0 Å². The first-order chi connectivity index (χ1) is 47.9. The maximum Gasteiger partial charge on any atom is 0.252 e. The van der Waals surface area contributed by atoms with Crippen molar-refractivity contribution in [1.29, 1.82) is 0 Å². The van der Waals surface area contributed by atoms with Crippen LogP contribution in [0.25, 0.3) is 89.2 Å². The van der Waals surface area contributed by atoms with Gasteiger partial charge in [0.1, 0.15) is 45.4 Å². The van der Waals surface area contributed by atoms with Crippen molar-refractivity contribution < 1.29 is 17.7 Å². The van der Waals surface area contributed by atoms with Gasteiger partial charge in [-0.25, -0.2) is 0 Å². The second-order valence-corrected chi connectivity index (χ2v) is 25.3. The third-order valence-corrected chi connectivity index (χ3v) is 19.4. The topological polar surface area (TPSA) is 65.5 Å². The molecule has 458 valence electrons. The number of rotatable bonds is 12. The fraction of sp³-hybridized carbons (Fsp3) is 0.0227. The van der Waals surface area contributed by atoms with E-state index in [4.69, 9.17) is 17.7 Å². The summed E-state index contributed by atoms with van der Waals surface area (Å²) in [6, 6.07) is 115. The molecule has 0 bridgehead atoms. The maximum atomic E-state index is 6.78. The van der Waals surface area contributed by atoms with Gasteiger partial charge in [-0.05, 0) is 205 Å². The number of hydrogen-bond acceptors (Lipinski definition) is 8. The minimum atomic E-state index is -0.250. The van der Waals surface area contributed by atoms with Crippen molar-refractivity contribution in [2.75, 3.05) is 19.6 Å². The lowest BCUT2D eigenvalue weighted by atomic mass is 9.33. The summed E-state index contributed by atoms with van der Waals surface area (Å²) < 4.78 is 26.4. The summed E-state index contributed by atoms with van der Waals surface area (Å²) >= 11 is 0. The quantitative estimate of drug-likeness (QED) is 0.112. The number of benzene rings is 13. The standard InChI is InChI=1S/C88H59BN4O4/c1-56-19-17-20-57(2)88(56)93-76-53-71(90(66-26-5-3-6-27-66)68-40-35-58(36-41-68)83-49-61-21-9-13-31-79(61)94-83)44-46-74(76)89-73-45-39-65(86-52-64-24-12-16-34-82(64)97-86)48-75(73)92(70-30-18-25-60(47-70)85-51-63-23-11-15-33-81(63)96-85)77-54-72(55-78(93)87(77)89)91(67-28-7-4-8-29-67)69-42-37-59(38-43-69)84-50-62-22-10-14-32-80(62)95-84/h3-55H,1-2H3. The average molecular weight is 1250 g/mol. The number of furan rings is 4. The number of aryl methyl sites for hydroxylation is 2. The number of para-hydroxylation sites is 7. The van der Waals surface area contributed by atoms with Crippen molar-refractivity contribution >= 4 is 135 Å². The summed E-state index contributed by atoms with van der Waals surface area (Å²) in [5.74, 6) is 3.24. The highest BCUT2D eigenvalue weighted by Gasteiger charge is 2.45. The Morgan fingerprint density at radius 2 is 0.639 bits per heavy atom. The van der Waals surface area contributed by atoms with E-state index in [-0.39, 0.29) is 6.71 Å². The number of fused-ring (bicyclic) bond motifs is 8. The molecule has 0 N–H and O–H groups in total. The van der Waals surface area contributed by atoms with E-state index in [1.807, 2.05) is 48.5 Å². The maximum absolute atomic E-state index is 6.78. The highest BCUT2D eigenvalue weighted by atomic mass is 16.3. The second-order valence-electron chi connectivity index (χ2n) is 25.3. The van der Waals surface area contributed by atoms with Crippen molar-refractivity contribution in [2.24, 2.45) is 0 Å². The minimum Gasteiger partial charge on any atom is -0.456 e. The van der Waals surface area contributed by atoms with Crippen LogP contribution in [0.3, 0.4) is 0 Å². The molecule has 0 atom stereocenters. The van der Waals surface area contributed by atoms with Gasteiger partial charge in [-0.1, -0.05) is 158 Å². The molecule has 0 radical (unpaired) electrons. The van der Waals surface area contributed by atoms with Gasteiger partial charge < -0.3 is 37.3 Å². The van der Waals surface area contributed by atoms with Crippen LogP contribution in [0, 0.1) is 13.8 Å². The van der Waals surface area contributed by atoms with Crippen LogP contribution >= 0.6 is 0 Å². The van der Waals surface area contributed by atoms with Crippen LogP contribution in [0.4, 0.5) is 68.2 Å². The Kier molecular flexibility index (Phi) is 13.0. The van der Waals surface area contributed by atoms with Crippen molar-refractivity contribution in [2.45, 2.75) is 13.8 Å². The fourth-order valence-electron chi connectivity index (χ4n) is 15.0. The molecule has 13 aromatic carbocycles. The minimum absolute atomic E-state index is 0.250. The van der Waals surface area contributed by atoms with E-state index >= 15 is 0 Å². The van der Waals surface area contributed by atoms with E-state index in [0.717, 1.165) is 174 Å². The third-order valence-electron chi connectivity index (χ3n) is 19.4. The SMILES string of the molecule is Cc1cccc(C)c1N1c2cc(N(c3ccccc3)c3ccc(-c4cc5ccccc5o4)cc3)ccc2B2c3ccc(-c4cc5ccccc5o4)cc3N(c3cccc(-c4cc5ccccc5o4)c3)c3cc(N(c4ccccc4)c4ccc(-c5cc6ccccc6o5)cc4)cc1c32. The van der Waals surface area contributed by atoms with E-state index in [1.165, 1.54) is 10.9 Å². The molecule has 4 aromatic heterocycles. The van der Waals surface area contributed by atoms with Gasteiger partial charge in [0.15, 0.2) is 0 Å². The first kappa shape index (κ1) is 55.9. The van der Waals surface area contributed by atoms with Gasteiger partial charge in [0.25, 0.3) is 6.71 Å². The van der Waals surface area contributed by atoms with Crippen LogP contribution < -0.4 is 36.0 Å². The van der Waals surface area contributed by atoms with E-state index in [9.17, 15) is 0 Å². The zero-order valence-electron chi connectivity index (χ0n) is 53.1. The number of anilines is 12. The molecule has 0 fully saturated rings. The molecular formula is C88H59BN4O4. The average Bonchev–Trinajstić information content (AvgIpc) is 1.50. The lowest BCUT2D eigenvalue weighted by Gasteiger charge is -2.46. The van der Waals surface area contributed by atoms with Gasteiger partial charge in [-0.3, -0.25) is 0 Å². The molecule has 0 saturated carbocycles. The predicted octanol–water partition coefficient (Wildman–Crippen LogP) is 23.0. The highest BCUT2D eigenvalue weighted by molar-refractivity contribution is 7.00. The molecule has 19 rings (SSSR count). The van der Waals surface area contributed by atoms with Gasteiger partial charge in [-0.15, -0.1) is 0 Å². The van der Waals surface area contributed by atoms with E-state index in [2.05, 4.69) is 306 Å². The van der Waals surface area contributed by atoms with Gasteiger partial charge in [-0.2, -0.15) is 0 Å². The van der Waals surface area contributed by atoms with Crippen LogP contribution in [-0.4, -0.2) is 6.71 Å². The molecule has 2 aliphatic rings. The van der Waals surface area contributed by atoms with Crippen LogP contribution in [0.2, 0.25) is 0 Å². The first-order valence-electron chi connectivity index (χ1n) is 33.0. The van der Waals surface area contributed by atoms with Crippen molar-refractivity contribution in [3.63, 3.8) is 0 Å². The number of hydrogen-bond donors (Lipinski definition) is 0. The van der Waals surface area contributed by atoms with Crippen LogP contribution in [0.5, 0.6) is 0 Å². The zero-order chi connectivity index (χ0) is 64.2. The largest absolute Gasteiger partial charge is 0.456 e.